The number of sulfone groups is 1. The van der Waals surface area contributed by atoms with E-state index in [9.17, 15) is 8.42 Å². The Morgan fingerprint density at radius 2 is 1.88 bits per heavy atom. The lowest BCUT2D eigenvalue weighted by atomic mass is 9.91. The lowest BCUT2D eigenvalue weighted by Crippen LogP contribution is -2.40. The Hall–Kier alpha value is -0.870. The van der Waals surface area contributed by atoms with Gasteiger partial charge in [-0.3, -0.25) is 0 Å². The molecule has 0 saturated heterocycles. The lowest BCUT2D eigenvalue weighted by Gasteiger charge is -2.35. The van der Waals surface area contributed by atoms with Gasteiger partial charge in [0.15, 0.2) is 9.84 Å². The summed E-state index contributed by atoms with van der Waals surface area (Å²) in [6.45, 7) is 5.78. The zero-order chi connectivity index (χ0) is 12.8. The van der Waals surface area contributed by atoms with E-state index in [1.54, 1.807) is 13.0 Å². The van der Waals surface area contributed by atoms with Gasteiger partial charge in [0.05, 0.1) is 10.1 Å². The minimum Gasteiger partial charge on any atom is -0.313 e. The summed E-state index contributed by atoms with van der Waals surface area (Å²) in [4.78, 5) is 0.494. The van der Waals surface area contributed by atoms with Gasteiger partial charge in [-0.25, -0.2) is 8.42 Å². The first-order chi connectivity index (χ1) is 7.89. The summed E-state index contributed by atoms with van der Waals surface area (Å²) < 4.78 is 24.7. The molecule has 3 unspecified atom stereocenters. The molecule has 3 atom stereocenters. The molecule has 0 radical (unpaired) electrons. The van der Waals surface area contributed by atoms with E-state index in [4.69, 9.17) is 0 Å². The van der Waals surface area contributed by atoms with E-state index in [1.807, 2.05) is 33.0 Å². The van der Waals surface area contributed by atoms with E-state index in [1.165, 1.54) is 0 Å². The van der Waals surface area contributed by atoms with Crippen molar-refractivity contribution in [2.75, 3.05) is 7.05 Å². The van der Waals surface area contributed by atoms with Gasteiger partial charge < -0.3 is 5.32 Å². The van der Waals surface area contributed by atoms with Gasteiger partial charge in [-0.2, -0.15) is 0 Å². The molecule has 0 amide bonds. The van der Waals surface area contributed by atoms with E-state index in [0.717, 1.165) is 11.1 Å². The molecule has 0 aromatic heterocycles. The van der Waals surface area contributed by atoms with E-state index in [2.05, 4.69) is 5.32 Å². The number of aryl methyl sites for hydroxylation is 1. The second-order valence-corrected chi connectivity index (χ2v) is 7.19. The molecule has 0 bridgehead atoms. The Labute approximate surface area is 103 Å². The molecular formula is C13H19NO2S. The molecule has 2 rings (SSSR count). The summed E-state index contributed by atoms with van der Waals surface area (Å²) in [5.41, 5.74) is 2.01. The zero-order valence-electron chi connectivity index (χ0n) is 10.7. The second-order valence-electron chi connectivity index (χ2n) is 4.92. The van der Waals surface area contributed by atoms with Gasteiger partial charge in [0.25, 0.3) is 0 Å². The molecule has 1 heterocycles. The van der Waals surface area contributed by atoms with Gasteiger partial charge in [0.1, 0.15) is 0 Å². The Bertz CT molecular complexity index is 536. The highest BCUT2D eigenvalue weighted by Crippen LogP contribution is 2.40. The molecule has 0 saturated carbocycles. The highest BCUT2D eigenvalue weighted by atomic mass is 32.2. The van der Waals surface area contributed by atoms with Gasteiger partial charge in [0.2, 0.25) is 0 Å². The third-order valence-corrected chi connectivity index (χ3v) is 6.27. The Balaban J connectivity index is 2.72. The number of benzene rings is 1. The van der Waals surface area contributed by atoms with Crippen molar-refractivity contribution in [3.8, 4) is 0 Å². The molecule has 3 nitrogen and oxygen atoms in total. The Morgan fingerprint density at radius 1 is 1.24 bits per heavy atom. The van der Waals surface area contributed by atoms with Crippen LogP contribution < -0.4 is 5.32 Å². The van der Waals surface area contributed by atoms with Gasteiger partial charge >= 0.3 is 0 Å². The molecule has 94 valence electrons. The highest BCUT2D eigenvalue weighted by Gasteiger charge is 2.40. The average Bonchev–Trinajstić information content (AvgIpc) is 2.27. The molecule has 1 aromatic rings. The minimum atomic E-state index is -3.17. The van der Waals surface area contributed by atoms with Crippen LogP contribution in [-0.2, 0) is 9.84 Å². The van der Waals surface area contributed by atoms with Crippen molar-refractivity contribution < 1.29 is 8.42 Å². The fourth-order valence-electron chi connectivity index (χ4n) is 2.63. The fourth-order valence-corrected chi connectivity index (χ4v) is 4.52. The maximum absolute atomic E-state index is 12.4. The van der Waals surface area contributed by atoms with Crippen LogP contribution in [0.2, 0.25) is 0 Å². The Kier molecular flexibility index (Phi) is 3.04. The topological polar surface area (TPSA) is 46.2 Å². The van der Waals surface area contributed by atoms with Crippen molar-refractivity contribution in [1.82, 2.24) is 5.32 Å². The first kappa shape index (κ1) is 12.6. The molecule has 1 aliphatic rings. The number of hydrogen-bond donors (Lipinski definition) is 1. The molecule has 0 spiro atoms. The van der Waals surface area contributed by atoms with Crippen molar-refractivity contribution in [3.63, 3.8) is 0 Å². The average molecular weight is 253 g/mol. The molecule has 0 aliphatic carbocycles. The number of nitrogens with one attached hydrogen (secondary N) is 1. The van der Waals surface area contributed by atoms with Crippen LogP contribution in [0.3, 0.4) is 0 Å². The summed E-state index contributed by atoms with van der Waals surface area (Å²) in [6.07, 6.45) is 0. The van der Waals surface area contributed by atoms with E-state index in [0.29, 0.717) is 4.90 Å². The van der Waals surface area contributed by atoms with Gasteiger partial charge in [-0.15, -0.1) is 0 Å². The standard InChI is InChI=1S/C13H19NO2S/c1-8-5-6-12-11(7-8)13(14-4)9(2)10(3)17(12,15)16/h5-7,9-10,13-14H,1-4H3. The van der Waals surface area contributed by atoms with Crippen LogP contribution in [0.15, 0.2) is 23.1 Å². The quantitative estimate of drug-likeness (QED) is 0.833. The van der Waals surface area contributed by atoms with Crippen LogP contribution in [0.4, 0.5) is 0 Å². The normalized spacial score (nSPS) is 30.9. The SMILES string of the molecule is CNC1c2cc(C)ccc2S(=O)(=O)C(C)C1C. The first-order valence-corrected chi connectivity index (χ1v) is 7.46. The molecular weight excluding hydrogens is 234 g/mol. The monoisotopic (exact) mass is 253 g/mol. The van der Waals surface area contributed by atoms with E-state index < -0.39 is 9.84 Å². The highest BCUT2D eigenvalue weighted by molar-refractivity contribution is 7.92. The maximum atomic E-state index is 12.4. The number of rotatable bonds is 1. The summed E-state index contributed by atoms with van der Waals surface area (Å²) in [7, 11) is -1.28. The molecule has 1 aliphatic heterocycles. The minimum absolute atomic E-state index is 0.0827. The fraction of sp³-hybridized carbons (Fsp3) is 0.538. The van der Waals surface area contributed by atoms with Gasteiger partial charge in [0, 0.05) is 6.04 Å². The molecule has 0 fully saturated rings. The predicted octanol–water partition coefficient (Wildman–Crippen LogP) is 2.07. The third kappa shape index (κ3) is 1.79. The van der Waals surface area contributed by atoms with Crippen molar-refractivity contribution in [1.29, 1.82) is 0 Å². The lowest BCUT2D eigenvalue weighted by molar-refractivity contribution is 0.378. The van der Waals surface area contributed by atoms with E-state index >= 15 is 0 Å². The van der Waals surface area contributed by atoms with Crippen molar-refractivity contribution in [2.24, 2.45) is 5.92 Å². The summed E-state index contributed by atoms with van der Waals surface area (Å²) >= 11 is 0. The zero-order valence-corrected chi connectivity index (χ0v) is 11.5. The van der Waals surface area contributed by atoms with Crippen LogP contribution >= 0.6 is 0 Å². The summed E-state index contributed by atoms with van der Waals surface area (Å²) in [5.74, 6) is 0.0827. The van der Waals surface area contributed by atoms with Crippen LogP contribution in [0, 0.1) is 12.8 Å². The van der Waals surface area contributed by atoms with Crippen LogP contribution in [-0.4, -0.2) is 20.7 Å². The van der Waals surface area contributed by atoms with Crippen LogP contribution in [0.5, 0.6) is 0 Å². The number of hydrogen-bond acceptors (Lipinski definition) is 3. The predicted molar refractivity (Wildman–Crippen MR) is 68.8 cm³/mol. The molecule has 1 N–H and O–H groups in total. The second kappa shape index (κ2) is 4.10. The molecule has 1 aromatic carbocycles. The summed E-state index contributed by atoms with van der Waals surface area (Å²) in [6, 6.07) is 5.71. The maximum Gasteiger partial charge on any atom is 0.181 e. The Morgan fingerprint density at radius 3 is 2.47 bits per heavy atom. The smallest absolute Gasteiger partial charge is 0.181 e. The van der Waals surface area contributed by atoms with Crippen molar-refractivity contribution in [2.45, 2.75) is 37.0 Å². The largest absolute Gasteiger partial charge is 0.313 e. The van der Waals surface area contributed by atoms with Gasteiger partial charge in [-0.05, 0) is 38.4 Å². The first-order valence-electron chi connectivity index (χ1n) is 5.91. The molecule has 4 heteroatoms. The molecule has 17 heavy (non-hydrogen) atoms. The van der Waals surface area contributed by atoms with Crippen molar-refractivity contribution in [3.05, 3.63) is 29.3 Å². The third-order valence-electron chi connectivity index (χ3n) is 3.87. The van der Waals surface area contributed by atoms with Crippen LogP contribution in [0.1, 0.15) is 31.0 Å². The van der Waals surface area contributed by atoms with Crippen molar-refractivity contribution >= 4 is 9.84 Å². The van der Waals surface area contributed by atoms with Crippen LogP contribution in [0.25, 0.3) is 0 Å². The number of fused-ring (bicyclic) bond motifs is 1. The summed E-state index contributed by atoms with van der Waals surface area (Å²) in [5, 5.41) is 2.90. The van der Waals surface area contributed by atoms with Gasteiger partial charge in [-0.1, -0.05) is 24.6 Å². The van der Waals surface area contributed by atoms with E-state index in [-0.39, 0.29) is 17.2 Å².